The highest BCUT2D eigenvalue weighted by molar-refractivity contribution is 5.57. The van der Waals surface area contributed by atoms with Crippen molar-refractivity contribution in [2.45, 2.75) is 26.7 Å². The highest BCUT2D eigenvalue weighted by Crippen LogP contribution is 2.20. The first-order chi connectivity index (χ1) is 9.85. The van der Waals surface area contributed by atoms with Crippen molar-refractivity contribution in [2.75, 3.05) is 23.7 Å². The lowest BCUT2D eigenvalue weighted by Gasteiger charge is -2.13. The second-order valence-corrected chi connectivity index (χ2v) is 4.43. The Morgan fingerprint density at radius 2 is 1.80 bits per heavy atom. The Labute approximate surface area is 119 Å². The van der Waals surface area contributed by atoms with E-state index in [0.29, 0.717) is 0 Å². The van der Waals surface area contributed by atoms with Gasteiger partial charge in [-0.2, -0.15) is 0 Å². The number of aromatic nitrogens is 3. The average molecular weight is 271 g/mol. The van der Waals surface area contributed by atoms with Gasteiger partial charge in [0.1, 0.15) is 18.0 Å². The molecule has 2 aromatic heterocycles. The quantitative estimate of drug-likeness (QED) is 0.810. The summed E-state index contributed by atoms with van der Waals surface area (Å²) in [7, 11) is 0. The predicted octanol–water partition coefficient (Wildman–Crippen LogP) is 2.52. The Bertz CT molecular complexity index is 527. The van der Waals surface area contributed by atoms with Gasteiger partial charge in [-0.25, -0.2) is 9.97 Å². The highest BCUT2D eigenvalue weighted by atomic mass is 15.1. The van der Waals surface area contributed by atoms with Crippen LogP contribution < -0.4 is 10.6 Å². The third kappa shape index (κ3) is 3.66. The van der Waals surface area contributed by atoms with Gasteiger partial charge in [0.2, 0.25) is 0 Å². The van der Waals surface area contributed by atoms with E-state index >= 15 is 0 Å². The molecule has 0 atom stereocenters. The number of hydrogen-bond donors (Lipinski definition) is 2. The topological polar surface area (TPSA) is 62.7 Å². The molecule has 0 fully saturated rings. The second-order valence-electron chi connectivity index (χ2n) is 4.43. The van der Waals surface area contributed by atoms with Gasteiger partial charge < -0.3 is 10.6 Å². The highest BCUT2D eigenvalue weighted by Gasteiger charge is 2.08. The van der Waals surface area contributed by atoms with Gasteiger partial charge in [-0.1, -0.05) is 13.0 Å². The molecule has 0 unspecified atom stereocenters. The van der Waals surface area contributed by atoms with Gasteiger partial charge in [0.15, 0.2) is 0 Å². The number of nitrogens with one attached hydrogen (secondary N) is 2. The van der Waals surface area contributed by atoms with E-state index in [-0.39, 0.29) is 0 Å². The molecule has 0 radical (unpaired) electrons. The fourth-order valence-electron chi connectivity index (χ4n) is 2.07. The number of hydrogen-bond acceptors (Lipinski definition) is 5. The molecule has 5 nitrogen and oxygen atoms in total. The minimum atomic E-state index is 0.812. The van der Waals surface area contributed by atoms with E-state index in [1.165, 1.54) is 0 Å². The zero-order valence-electron chi connectivity index (χ0n) is 12.1. The third-order valence-corrected chi connectivity index (χ3v) is 3.04. The van der Waals surface area contributed by atoms with Crippen molar-refractivity contribution >= 4 is 11.6 Å². The molecule has 0 spiro atoms. The second kappa shape index (κ2) is 7.43. The molecule has 0 amide bonds. The molecule has 0 saturated heterocycles. The van der Waals surface area contributed by atoms with E-state index in [2.05, 4.69) is 39.4 Å². The zero-order valence-corrected chi connectivity index (χ0v) is 12.1. The molecule has 20 heavy (non-hydrogen) atoms. The Balaban J connectivity index is 2.00. The van der Waals surface area contributed by atoms with Crippen LogP contribution in [0, 0.1) is 0 Å². The van der Waals surface area contributed by atoms with E-state index in [9.17, 15) is 0 Å². The van der Waals surface area contributed by atoms with Crippen LogP contribution in [0.3, 0.4) is 0 Å². The predicted molar refractivity (Wildman–Crippen MR) is 82.0 cm³/mol. The van der Waals surface area contributed by atoms with Crippen LogP contribution in [0.5, 0.6) is 0 Å². The van der Waals surface area contributed by atoms with Crippen molar-refractivity contribution in [3.05, 3.63) is 42.0 Å². The van der Waals surface area contributed by atoms with Crippen LogP contribution in [-0.2, 0) is 12.8 Å². The first-order valence-electron chi connectivity index (χ1n) is 7.06. The van der Waals surface area contributed by atoms with Crippen LogP contribution in [0.2, 0.25) is 0 Å². The van der Waals surface area contributed by atoms with Crippen molar-refractivity contribution in [3.8, 4) is 0 Å². The smallest absolute Gasteiger partial charge is 0.134 e. The first-order valence-corrected chi connectivity index (χ1v) is 7.06. The molecule has 106 valence electrons. The molecule has 2 aromatic rings. The molecule has 0 aliphatic heterocycles. The maximum Gasteiger partial charge on any atom is 0.134 e. The first kappa shape index (κ1) is 14.2. The minimum Gasteiger partial charge on any atom is -0.370 e. The monoisotopic (exact) mass is 271 g/mol. The van der Waals surface area contributed by atoms with Crippen molar-refractivity contribution in [1.29, 1.82) is 0 Å². The van der Waals surface area contributed by atoms with Crippen LogP contribution in [0.4, 0.5) is 11.6 Å². The molecule has 2 heterocycles. The van der Waals surface area contributed by atoms with Crippen LogP contribution in [-0.4, -0.2) is 28.0 Å². The molecule has 0 bridgehead atoms. The van der Waals surface area contributed by atoms with Gasteiger partial charge in [-0.05, 0) is 25.5 Å². The Hall–Kier alpha value is -2.17. The summed E-state index contributed by atoms with van der Waals surface area (Å²) in [5.74, 6) is 1.83. The minimum absolute atomic E-state index is 0.812. The Morgan fingerprint density at radius 3 is 2.45 bits per heavy atom. The summed E-state index contributed by atoms with van der Waals surface area (Å²) in [5.41, 5.74) is 2.22. The fraction of sp³-hybridized carbons (Fsp3) is 0.400. The summed E-state index contributed by atoms with van der Waals surface area (Å²) in [5, 5.41) is 6.65. The van der Waals surface area contributed by atoms with E-state index in [0.717, 1.165) is 48.8 Å². The van der Waals surface area contributed by atoms with E-state index < -0.39 is 0 Å². The van der Waals surface area contributed by atoms with Crippen LogP contribution in [0.15, 0.2) is 30.7 Å². The molecule has 2 N–H and O–H groups in total. The standard InChI is InChI=1S/C15H21N5/c1-3-13-14(16-4-2)19-11-20-15(13)18-10-8-12-7-5-6-9-17-12/h5-7,9,11H,3-4,8,10H2,1-2H3,(H2,16,18,19,20). The van der Waals surface area contributed by atoms with Crippen LogP contribution >= 0.6 is 0 Å². The molecular formula is C15H21N5. The molecule has 0 aromatic carbocycles. The van der Waals surface area contributed by atoms with Gasteiger partial charge >= 0.3 is 0 Å². The maximum absolute atomic E-state index is 4.34. The molecule has 0 aliphatic carbocycles. The lowest BCUT2D eigenvalue weighted by Crippen LogP contribution is -2.12. The van der Waals surface area contributed by atoms with Gasteiger partial charge in [-0.15, -0.1) is 0 Å². The average Bonchev–Trinajstić information content (AvgIpc) is 2.49. The van der Waals surface area contributed by atoms with Gasteiger partial charge in [0, 0.05) is 37.0 Å². The molecule has 0 saturated carbocycles. The summed E-state index contributed by atoms with van der Waals surface area (Å²) in [6.07, 6.45) is 5.20. The summed E-state index contributed by atoms with van der Waals surface area (Å²) in [4.78, 5) is 12.9. The number of nitrogens with zero attached hydrogens (tertiary/aromatic N) is 3. The normalized spacial score (nSPS) is 10.3. The number of anilines is 2. The van der Waals surface area contributed by atoms with Crippen LogP contribution in [0.25, 0.3) is 0 Å². The molecule has 2 rings (SSSR count). The Morgan fingerprint density at radius 1 is 1.00 bits per heavy atom. The van der Waals surface area contributed by atoms with E-state index in [1.54, 1.807) is 6.33 Å². The molecule has 0 aliphatic rings. The molecular weight excluding hydrogens is 250 g/mol. The van der Waals surface area contributed by atoms with E-state index in [4.69, 9.17) is 0 Å². The fourth-order valence-corrected chi connectivity index (χ4v) is 2.07. The Kier molecular flexibility index (Phi) is 5.29. The van der Waals surface area contributed by atoms with Gasteiger partial charge in [-0.3, -0.25) is 4.98 Å². The lowest BCUT2D eigenvalue weighted by atomic mass is 10.2. The van der Waals surface area contributed by atoms with Gasteiger partial charge in [0.05, 0.1) is 0 Å². The molecule has 5 heteroatoms. The largest absolute Gasteiger partial charge is 0.370 e. The number of pyridine rings is 1. The van der Waals surface area contributed by atoms with Crippen molar-refractivity contribution in [1.82, 2.24) is 15.0 Å². The van der Waals surface area contributed by atoms with Crippen molar-refractivity contribution < 1.29 is 0 Å². The third-order valence-electron chi connectivity index (χ3n) is 3.04. The SMILES string of the molecule is CCNc1ncnc(NCCc2ccccn2)c1CC. The van der Waals surface area contributed by atoms with Crippen molar-refractivity contribution in [3.63, 3.8) is 0 Å². The van der Waals surface area contributed by atoms with Gasteiger partial charge in [0.25, 0.3) is 0 Å². The summed E-state index contributed by atoms with van der Waals surface area (Å²) >= 11 is 0. The zero-order chi connectivity index (χ0) is 14.2. The summed E-state index contributed by atoms with van der Waals surface area (Å²) in [6.45, 7) is 5.85. The summed E-state index contributed by atoms with van der Waals surface area (Å²) < 4.78 is 0. The maximum atomic E-state index is 4.34. The lowest BCUT2D eigenvalue weighted by molar-refractivity contribution is 0.937. The van der Waals surface area contributed by atoms with Crippen molar-refractivity contribution in [2.24, 2.45) is 0 Å². The number of rotatable bonds is 7. The van der Waals surface area contributed by atoms with Crippen LogP contribution in [0.1, 0.15) is 25.1 Å². The summed E-state index contributed by atoms with van der Waals surface area (Å²) in [6, 6.07) is 5.97. The van der Waals surface area contributed by atoms with E-state index in [1.807, 2.05) is 24.4 Å².